The maximum atomic E-state index is 14.3. The fraction of sp³-hybridized carbons (Fsp3) is 0.370. The van der Waals surface area contributed by atoms with E-state index in [1.165, 1.54) is 4.90 Å². The number of benzene rings is 2. The van der Waals surface area contributed by atoms with Crippen LogP contribution in [0.15, 0.2) is 48.0 Å². The molecule has 0 aromatic heterocycles. The number of carbonyl (C=O) groups is 3. The van der Waals surface area contributed by atoms with Crippen molar-refractivity contribution in [3.63, 3.8) is 0 Å². The van der Waals surface area contributed by atoms with Crippen LogP contribution in [0.2, 0.25) is 0 Å². The molecule has 2 aromatic rings. The van der Waals surface area contributed by atoms with E-state index in [0.717, 1.165) is 0 Å². The van der Waals surface area contributed by atoms with E-state index in [2.05, 4.69) is 0 Å². The number of aliphatic hydroxyl groups is 1. The smallest absolute Gasteiger partial charge is 0.296 e. The van der Waals surface area contributed by atoms with Gasteiger partial charge in [-0.2, -0.15) is 0 Å². The molecule has 0 aliphatic carbocycles. The predicted octanol–water partition coefficient (Wildman–Crippen LogP) is 2.35. The summed E-state index contributed by atoms with van der Waals surface area (Å²) in [6.45, 7) is 3.70. The summed E-state index contributed by atoms with van der Waals surface area (Å²) < 4.78 is 11.2. The number of hydrogen-bond donors (Lipinski definition) is 1. The number of likely N-dealkylation sites (tertiary alicyclic amines) is 1. The molecule has 0 saturated carbocycles. The minimum Gasteiger partial charge on any atom is -0.507 e. The average Bonchev–Trinajstić information content (AvgIpc) is 3.25. The third-order valence-corrected chi connectivity index (χ3v) is 6.84. The van der Waals surface area contributed by atoms with Gasteiger partial charge in [-0.1, -0.05) is 25.1 Å². The van der Waals surface area contributed by atoms with Crippen LogP contribution in [-0.4, -0.2) is 79.4 Å². The zero-order valence-corrected chi connectivity index (χ0v) is 20.6. The molecule has 9 nitrogen and oxygen atoms in total. The van der Waals surface area contributed by atoms with Gasteiger partial charge in [0, 0.05) is 30.8 Å². The lowest BCUT2D eigenvalue weighted by Crippen LogP contribution is -2.53. The maximum Gasteiger partial charge on any atom is 0.296 e. The molecule has 5 rings (SSSR count). The van der Waals surface area contributed by atoms with E-state index in [1.807, 2.05) is 38.1 Å². The number of nitrogens with zero attached hydrogens (tertiary/aromatic N) is 3. The normalized spacial score (nSPS) is 22.2. The third kappa shape index (κ3) is 3.37. The average molecular weight is 492 g/mol. The molecule has 1 spiro atoms. The minimum atomic E-state index is -1.76. The highest BCUT2D eigenvalue weighted by Crippen LogP contribution is 2.53. The molecule has 0 bridgehead atoms. The summed E-state index contributed by atoms with van der Waals surface area (Å²) in [7, 11) is 3.71. The summed E-state index contributed by atoms with van der Waals surface area (Å²) in [4.78, 5) is 46.2. The van der Waals surface area contributed by atoms with Crippen molar-refractivity contribution in [2.75, 3.05) is 51.8 Å². The number of para-hydroxylation sites is 1. The first-order chi connectivity index (χ1) is 17.3. The van der Waals surface area contributed by atoms with Gasteiger partial charge in [0.2, 0.25) is 0 Å². The summed E-state index contributed by atoms with van der Waals surface area (Å²) in [6, 6.07) is 12.0. The van der Waals surface area contributed by atoms with Crippen LogP contribution in [0.4, 0.5) is 5.69 Å². The number of amides is 2. The van der Waals surface area contributed by atoms with Crippen LogP contribution in [0.25, 0.3) is 5.76 Å². The lowest BCUT2D eigenvalue weighted by molar-refractivity contribution is -0.143. The van der Waals surface area contributed by atoms with E-state index in [-0.39, 0.29) is 17.7 Å². The summed E-state index contributed by atoms with van der Waals surface area (Å²) in [5.41, 5.74) is -0.565. The molecule has 1 fully saturated rings. The van der Waals surface area contributed by atoms with Gasteiger partial charge in [0.15, 0.2) is 17.0 Å². The standard InChI is InChI=1S/C27H29N3O6/c1-4-11-29-19-8-6-5-7-18(19)27(26(29)34)22(24(32)25(33)30(27)13-12-28(2)3)23(31)17-9-10-20-21(16-17)36-15-14-35-20/h5-10,16,31H,4,11-15H2,1-3H3. The predicted molar refractivity (Wildman–Crippen MR) is 133 cm³/mol. The second-order valence-electron chi connectivity index (χ2n) is 9.36. The summed E-state index contributed by atoms with van der Waals surface area (Å²) >= 11 is 0. The van der Waals surface area contributed by atoms with Gasteiger partial charge in [-0.3, -0.25) is 14.4 Å². The molecule has 9 heteroatoms. The van der Waals surface area contributed by atoms with Crippen molar-refractivity contribution in [2.45, 2.75) is 18.9 Å². The maximum absolute atomic E-state index is 14.3. The van der Waals surface area contributed by atoms with Crippen molar-refractivity contribution >= 4 is 29.0 Å². The number of aliphatic hydroxyl groups excluding tert-OH is 1. The Morgan fingerprint density at radius 1 is 1.03 bits per heavy atom. The molecule has 2 aromatic carbocycles. The van der Waals surface area contributed by atoms with Crippen LogP contribution in [0.3, 0.4) is 0 Å². The monoisotopic (exact) mass is 491 g/mol. The second-order valence-corrected chi connectivity index (χ2v) is 9.36. The molecule has 36 heavy (non-hydrogen) atoms. The summed E-state index contributed by atoms with van der Waals surface area (Å²) in [6.07, 6.45) is 0.683. The van der Waals surface area contributed by atoms with Crippen molar-refractivity contribution in [2.24, 2.45) is 0 Å². The first kappa shape index (κ1) is 23.9. The Kier molecular flexibility index (Phi) is 5.96. The molecule has 1 atom stereocenters. The van der Waals surface area contributed by atoms with Crippen molar-refractivity contribution in [3.05, 3.63) is 59.2 Å². The van der Waals surface area contributed by atoms with Crippen molar-refractivity contribution in [1.29, 1.82) is 0 Å². The Balaban J connectivity index is 1.77. The molecular formula is C27H29N3O6. The topological polar surface area (TPSA) is 99.6 Å². The highest BCUT2D eigenvalue weighted by molar-refractivity contribution is 6.50. The number of rotatable bonds is 6. The highest BCUT2D eigenvalue weighted by Gasteiger charge is 2.66. The number of fused-ring (bicyclic) bond motifs is 3. The van der Waals surface area contributed by atoms with E-state index in [1.54, 1.807) is 35.2 Å². The molecule has 3 heterocycles. The second kappa shape index (κ2) is 8.98. The van der Waals surface area contributed by atoms with Crippen LogP contribution in [-0.2, 0) is 19.9 Å². The van der Waals surface area contributed by atoms with Gasteiger partial charge >= 0.3 is 0 Å². The van der Waals surface area contributed by atoms with E-state index >= 15 is 0 Å². The molecule has 1 saturated heterocycles. The third-order valence-electron chi connectivity index (χ3n) is 6.84. The molecule has 1 unspecified atom stereocenters. The quantitative estimate of drug-likeness (QED) is 0.376. The molecule has 3 aliphatic heterocycles. The molecule has 3 aliphatic rings. The Hall–Kier alpha value is -3.85. The van der Waals surface area contributed by atoms with Crippen LogP contribution in [0, 0.1) is 0 Å². The minimum absolute atomic E-state index is 0.134. The largest absolute Gasteiger partial charge is 0.507 e. The van der Waals surface area contributed by atoms with Crippen molar-refractivity contribution < 1.29 is 29.0 Å². The Morgan fingerprint density at radius 2 is 1.75 bits per heavy atom. The number of anilines is 1. The van der Waals surface area contributed by atoms with Crippen molar-refractivity contribution in [3.8, 4) is 11.5 Å². The van der Waals surface area contributed by atoms with Gasteiger partial charge in [0.1, 0.15) is 19.0 Å². The molecule has 188 valence electrons. The first-order valence-corrected chi connectivity index (χ1v) is 12.1. The summed E-state index contributed by atoms with van der Waals surface area (Å²) in [5.74, 6) is -1.58. The lowest BCUT2D eigenvalue weighted by atomic mass is 9.82. The highest BCUT2D eigenvalue weighted by atomic mass is 16.6. The molecular weight excluding hydrogens is 462 g/mol. The number of ketones is 1. The number of ether oxygens (including phenoxy) is 2. The lowest BCUT2D eigenvalue weighted by Gasteiger charge is -2.35. The van der Waals surface area contributed by atoms with Gasteiger partial charge < -0.3 is 29.3 Å². The number of hydrogen-bond acceptors (Lipinski definition) is 7. The van der Waals surface area contributed by atoms with Gasteiger partial charge in [-0.25, -0.2) is 0 Å². The fourth-order valence-corrected chi connectivity index (χ4v) is 5.25. The molecule has 2 amide bonds. The van der Waals surface area contributed by atoms with E-state index in [9.17, 15) is 19.5 Å². The van der Waals surface area contributed by atoms with Crippen LogP contribution >= 0.6 is 0 Å². The zero-order chi connectivity index (χ0) is 25.6. The van der Waals surface area contributed by atoms with Gasteiger partial charge in [-0.15, -0.1) is 0 Å². The first-order valence-electron chi connectivity index (χ1n) is 12.1. The summed E-state index contributed by atoms with van der Waals surface area (Å²) in [5, 5.41) is 11.6. The van der Waals surface area contributed by atoms with E-state index in [4.69, 9.17) is 9.47 Å². The van der Waals surface area contributed by atoms with Gasteiger partial charge in [0.05, 0.1) is 11.3 Å². The van der Waals surface area contributed by atoms with Gasteiger partial charge in [0.25, 0.3) is 17.6 Å². The Morgan fingerprint density at radius 3 is 2.47 bits per heavy atom. The van der Waals surface area contributed by atoms with Crippen LogP contribution in [0.1, 0.15) is 24.5 Å². The molecule has 0 radical (unpaired) electrons. The fourth-order valence-electron chi connectivity index (χ4n) is 5.25. The molecule has 1 N–H and O–H groups in total. The van der Waals surface area contributed by atoms with Gasteiger partial charge in [-0.05, 0) is 44.8 Å². The van der Waals surface area contributed by atoms with E-state index < -0.39 is 28.9 Å². The Labute approximate surface area is 209 Å². The van der Waals surface area contributed by atoms with E-state index in [0.29, 0.717) is 55.5 Å². The number of carbonyl (C=O) groups excluding carboxylic acids is 3. The zero-order valence-electron chi connectivity index (χ0n) is 20.6. The van der Waals surface area contributed by atoms with Crippen LogP contribution in [0.5, 0.6) is 11.5 Å². The number of likely N-dealkylation sites (N-methyl/N-ethyl adjacent to an activating group) is 1. The van der Waals surface area contributed by atoms with Crippen molar-refractivity contribution in [1.82, 2.24) is 9.80 Å². The Bertz CT molecular complexity index is 1290. The number of Topliss-reactive ketones (excluding diaryl/α,β-unsaturated/α-hetero) is 1. The van der Waals surface area contributed by atoms with Crippen LogP contribution < -0.4 is 14.4 Å². The SMILES string of the molecule is CCCN1C(=O)C2(C(=C(O)c3ccc4c(c3)OCCO4)C(=O)C(=O)N2CCN(C)C)c2ccccc21.